The highest BCUT2D eigenvalue weighted by molar-refractivity contribution is 9.10. The molecule has 2 aliphatic rings. The van der Waals surface area contributed by atoms with Crippen molar-refractivity contribution in [3.63, 3.8) is 0 Å². The van der Waals surface area contributed by atoms with Gasteiger partial charge in [-0.15, -0.1) is 0 Å². The summed E-state index contributed by atoms with van der Waals surface area (Å²) in [5.74, 6) is 1.39. The summed E-state index contributed by atoms with van der Waals surface area (Å²) < 4.78 is 6.72. The van der Waals surface area contributed by atoms with Crippen LogP contribution in [0.2, 0.25) is 0 Å². The Bertz CT molecular complexity index is 678. The Labute approximate surface area is 170 Å². The summed E-state index contributed by atoms with van der Waals surface area (Å²) in [7, 11) is 0. The van der Waals surface area contributed by atoms with E-state index in [-0.39, 0.29) is 17.9 Å². The molecule has 0 aromatic heterocycles. The molecule has 2 amide bonds. The first-order valence-electron chi connectivity index (χ1n) is 9.97. The molecule has 0 atom stereocenters. The van der Waals surface area contributed by atoms with Crippen LogP contribution >= 0.6 is 15.9 Å². The number of carbonyl (C=O) groups is 2. The van der Waals surface area contributed by atoms with Gasteiger partial charge in [0.25, 0.3) is 5.91 Å². The van der Waals surface area contributed by atoms with E-state index < -0.39 is 0 Å². The second-order valence-corrected chi connectivity index (χ2v) is 8.75. The molecule has 2 fully saturated rings. The van der Waals surface area contributed by atoms with E-state index in [0.29, 0.717) is 49.8 Å². The number of halogens is 1. The molecule has 1 saturated carbocycles. The van der Waals surface area contributed by atoms with Crippen molar-refractivity contribution < 1.29 is 14.3 Å². The van der Waals surface area contributed by atoms with E-state index in [4.69, 9.17) is 4.74 Å². The molecule has 1 aliphatic carbocycles. The Kier molecular flexibility index (Phi) is 6.79. The average Bonchev–Trinajstić information content (AvgIpc) is 3.14. The molecule has 3 rings (SSSR count). The van der Waals surface area contributed by atoms with E-state index in [2.05, 4.69) is 15.9 Å². The molecule has 148 valence electrons. The lowest BCUT2D eigenvalue weighted by Crippen LogP contribution is -2.50. The van der Waals surface area contributed by atoms with Gasteiger partial charge in [0.15, 0.2) is 0 Å². The molecule has 0 bridgehead atoms. The van der Waals surface area contributed by atoms with Gasteiger partial charge in [-0.05, 0) is 50.8 Å². The van der Waals surface area contributed by atoms with Gasteiger partial charge in [0.1, 0.15) is 5.75 Å². The molecule has 6 heteroatoms. The summed E-state index contributed by atoms with van der Waals surface area (Å²) in [6, 6.07) is 5.51. The maximum absolute atomic E-state index is 13.0. The summed E-state index contributed by atoms with van der Waals surface area (Å²) >= 11 is 3.44. The number of carbonyl (C=O) groups excluding carboxylic acids is 2. The predicted octanol–water partition coefficient (Wildman–Crippen LogP) is 4.10. The molecule has 1 aromatic carbocycles. The van der Waals surface area contributed by atoms with Crippen molar-refractivity contribution in [2.75, 3.05) is 26.2 Å². The van der Waals surface area contributed by atoms with Gasteiger partial charge in [0.05, 0.1) is 11.7 Å². The Morgan fingerprint density at radius 2 is 1.74 bits per heavy atom. The third-order valence-corrected chi connectivity index (χ3v) is 5.89. The van der Waals surface area contributed by atoms with Gasteiger partial charge in [-0.1, -0.05) is 28.8 Å². The van der Waals surface area contributed by atoms with E-state index in [1.807, 2.05) is 41.8 Å². The van der Waals surface area contributed by atoms with Crippen LogP contribution in [0.1, 0.15) is 56.3 Å². The Hall–Kier alpha value is -1.56. The normalized spacial score (nSPS) is 18.2. The summed E-state index contributed by atoms with van der Waals surface area (Å²) in [6.07, 6.45) is 5.56. The van der Waals surface area contributed by atoms with Crippen LogP contribution in [0.3, 0.4) is 0 Å². The maximum atomic E-state index is 13.0. The first kappa shape index (κ1) is 20.2. The fourth-order valence-electron chi connectivity index (χ4n) is 3.94. The molecule has 1 saturated heterocycles. The quantitative estimate of drug-likeness (QED) is 0.697. The summed E-state index contributed by atoms with van der Waals surface area (Å²) in [5.41, 5.74) is 0.581. The Morgan fingerprint density at radius 3 is 2.37 bits per heavy atom. The third kappa shape index (κ3) is 5.24. The van der Waals surface area contributed by atoms with Crippen LogP contribution in [-0.2, 0) is 4.79 Å². The number of nitrogens with zero attached hydrogens (tertiary/aromatic N) is 2. The highest BCUT2D eigenvalue weighted by Gasteiger charge is 2.28. The fraction of sp³-hybridized carbons (Fsp3) is 0.619. The third-order valence-electron chi connectivity index (χ3n) is 5.39. The molecule has 0 unspecified atom stereocenters. The van der Waals surface area contributed by atoms with Crippen LogP contribution in [0.15, 0.2) is 22.7 Å². The van der Waals surface area contributed by atoms with E-state index in [9.17, 15) is 9.59 Å². The second-order valence-electron chi connectivity index (χ2n) is 7.83. The van der Waals surface area contributed by atoms with Crippen molar-refractivity contribution >= 4 is 27.7 Å². The molecule has 0 spiro atoms. The minimum absolute atomic E-state index is 0.00379. The van der Waals surface area contributed by atoms with Crippen molar-refractivity contribution in [2.45, 2.75) is 52.1 Å². The van der Waals surface area contributed by atoms with Crippen LogP contribution < -0.4 is 4.74 Å². The van der Waals surface area contributed by atoms with Gasteiger partial charge in [0.2, 0.25) is 5.91 Å². The lowest BCUT2D eigenvalue weighted by atomic mass is 10.0. The molecule has 1 heterocycles. The molecule has 5 nitrogen and oxygen atoms in total. The molecule has 1 aromatic rings. The summed E-state index contributed by atoms with van der Waals surface area (Å²) in [4.78, 5) is 29.3. The number of amides is 2. The van der Waals surface area contributed by atoms with Crippen LogP contribution in [0.25, 0.3) is 0 Å². The van der Waals surface area contributed by atoms with Gasteiger partial charge in [-0.2, -0.15) is 0 Å². The first-order valence-corrected chi connectivity index (χ1v) is 10.8. The summed E-state index contributed by atoms with van der Waals surface area (Å²) in [6.45, 7) is 6.29. The van der Waals surface area contributed by atoms with Crippen molar-refractivity contribution in [1.29, 1.82) is 0 Å². The highest BCUT2D eigenvalue weighted by atomic mass is 79.9. The van der Waals surface area contributed by atoms with E-state index in [0.717, 1.165) is 4.47 Å². The minimum atomic E-state index is -0.0268. The lowest BCUT2D eigenvalue weighted by Gasteiger charge is -2.35. The molecular formula is C21H29BrN2O3. The Balaban J connectivity index is 1.59. The standard InChI is InChI=1S/C21H29BrN2O3/c1-15(2)27-19-14-17(22)7-8-18(19)21(26)24-11-9-23(10-12-24)20(25)13-16-5-3-4-6-16/h7-8,14-16H,3-6,9-13H2,1-2H3. The van der Waals surface area contributed by atoms with Crippen LogP contribution in [0, 0.1) is 5.92 Å². The molecule has 27 heavy (non-hydrogen) atoms. The van der Waals surface area contributed by atoms with Gasteiger partial charge in [0, 0.05) is 37.1 Å². The predicted molar refractivity (Wildman–Crippen MR) is 109 cm³/mol. The number of ether oxygens (including phenoxy) is 1. The fourth-order valence-corrected chi connectivity index (χ4v) is 4.28. The van der Waals surface area contributed by atoms with Gasteiger partial charge in [-0.3, -0.25) is 9.59 Å². The number of piperazine rings is 1. The first-order chi connectivity index (χ1) is 12.9. The second kappa shape index (κ2) is 9.09. The van der Waals surface area contributed by atoms with E-state index in [1.165, 1.54) is 25.7 Å². The number of rotatable bonds is 5. The van der Waals surface area contributed by atoms with Gasteiger partial charge < -0.3 is 14.5 Å². The van der Waals surface area contributed by atoms with Crippen LogP contribution in [-0.4, -0.2) is 53.9 Å². The van der Waals surface area contributed by atoms with Crippen molar-refractivity contribution in [3.05, 3.63) is 28.2 Å². The van der Waals surface area contributed by atoms with E-state index in [1.54, 1.807) is 0 Å². The van der Waals surface area contributed by atoms with Crippen molar-refractivity contribution in [3.8, 4) is 5.75 Å². The number of hydrogen-bond donors (Lipinski definition) is 0. The van der Waals surface area contributed by atoms with Crippen LogP contribution in [0.4, 0.5) is 0 Å². The molecule has 1 aliphatic heterocycles. The SMILES string of the molecule is CC(C)Oc1cc(Br)ccc1C(=O)N1CCN(C(=O)CC2CCCC2)CC1. The Morgan fingerprint density at radius 1 is 1.11 bits per heavy atom. The molecule has 0 N–H and O–H groups in total. The van der Waals surface area contributed by atoms with Crippen molar-refractivity contribution in [2.24, 2.45) is 5.92 Å². The zero-order valence-corrected chi connectivity index (χ0v) is 17.8. The van der Waals surface area contributed by atoms with Crippen molar-refractivity contribution in [1.82, 2.24) is 9.80 Å². The molecule has 0 radical (unpaired) electrons. The number of hydrogen-bond acceptors (Lipinski definition) is 3. The summed E-state index contributed by atoms with van der Waals surface area (Å²) in [5, 5.41) is 0. The zero-order chi connectivity index (χ0) is 19.4. The average molecular weight is 437 g/mol. The monoisotopic (exact) mass is 436 g/mol. The topological polar surface area (TPSA) is 49.9 Å². The maximum Gasteiger partial charge on any atom is 0.257 e. The number of benzene rings is 1. The van der Waals surface area contributed by atoms with Crippen LogP contribution in [0.5, 0.6) is 5.75 Å². The van der Waals surface area contributed by atoms with Gasteiger partial charge >= 0.3 is 0 Å². The van der Waals surface area contributed by atoms with E-state index >= 15 is 0 Å². The zero-order valence-electron chi connectivity index (χ0n) is 16.2. The smallest absolute Gasteiger partial charge is 0.257 e. The van der Waals surface area contributed by atoms with Gasteiger partial charge in [-0.25, -0.2) is 0 Å². The lowest BCUT2D eigenvalue weighted by molar-refractivity contribution is -0.133. The highest BCUT2D eigenvalue weighted by Crippen LogP contribution is 2.29. The molecular weight excluding hydrogens is 408 g/mol. The minimum Gasteiger partial charge on any atom is -0.490 e. The largest absolute Gasteiger partial charge is 0.490 e.